The van der Waals surface area contributed by atoms with Crippen LogP contribution in [-0.4, -0.2) is 16.1 Å². The first kappa shape index (κ1) is 9.11. The van der Waals surface area contributed by atoms with Crippen LogP contribution in [0.1, 0.15) is 17.2 Å². The smallest absolute Gasteiger partial charge is 0.273 e. The Bertz CT molecular complexity index is 392. The lowest BCUT2D eigenvalue weighted by Gasteiger charge is -2.07. The fourth-order valence-electron chi connectivity index (χ4n) is 1.84. The zero-order valence-electron chi connectivity index (χ0n) is 7.38. The molecular formula is C9H10N2O3. The predicted molar refractivity (Wildman–Crippen MR) is 49.7 cm³/mol. The number of hydrogen-bond acceptors (Lipinski definition) is 4. The number of fused-ring (bicyclic) bond motifs is 1. The van der Waals surface area contributed by atoms with Crippen LogP contribution < -0.4 is 5.73 Å². The summed E-state index contributed by atoms with van der Waals surface area (Å²) in [7, 11) is 0. The van der Waals surface area contributed by atoms with Crippen molar-refractivity contribution in [1.82, 2.24) is 0 Å². The Kier molecular flexibility index (Phi) is 1.98. The van der Waals surface area contributed by atoms with Crippen molar-refractivity contribution in [3.8, 4) is 0 Å². The first-order valence-electron chi connectivity index (χ1n) is 4.31. The summed E-state index contributed by atoms with van der Waals surface area (Å²) in [5.41, 5.74) is 6.99. The molecule has 14 heavy (non-hydrogen) atoms. The van der Waals surface area contributed by atoms with E-state index in [1.165, 1.54) is 6.07 Å². The molecule has 0 saturated heterocycles. The number of nitro groups is 1. The molecule has 0 unspecified atom stereocenters. The van der Waals surface area contributed by atoms with Gasteiger partial charge in [0.05, 0.1) is 17.1 Å². The molecule has 0 aliphatic heterocycles. The average molecular weight is 194 g/mol. The third kappa shape index (κ3) is 1.18. The lowest BCUT2D eigenvalue weighted by atomic mass is 10.1. The number of benzene rings is 1. The molecule has 2 atom stereocenters. The normalized spacial score (nSPS) is 24.7. The topological polar surface area (TPSA) is 89.4 Å². The standard InChI is InChI=1S/C9H10N2O3/c10-9-5-2-1-3-7(11(13)14)6(5)4-8(9)12/h1-3,8-9,12H,4,10H2/t8-,9-/m0/s1. The SMILES string of the molecule is N[C@H]1c2cccc([N+](=O)[O-])c2C[C@@H]1O. The molecule has 0 spiro atoms. The molecule has 0 fully saturated rings. The highest BCUT2D eigenvalue weighted by Crippen LogP contribution is 2.35. The van der Waals surface area contributed by atoms with Crippen molar-refractivity contribution in [3.05, 3.63) is 39.4 Å². The average Bonchev–Trinajstić information content (AvgIpc) is 2.43. The van der Waals surface area contributed by atoms with Crippen LogP contribution in [-0.2, 0) is 6.42 Å². The molecule has 0 aromatic heterocycles. The number of nitro benzene ring substituents is 1. The van der Waals surface area contributed by atoms with Gasteiger partial charge in [-0.2, -0.15) is 0 Å². The number of nitrogens with two attached hydrogens (primary N) is 1. The van der Waals surface area contributed by atoms with E-state index < -0.39 is 17.1 Å². The Labute approximate surface area is 80.3 Å². The van der Waals surface area contributed by atoms with Crippen molar-refractivity contribution in [1.29, 1.82) is 0 Å². The van der Waals surface area contributed by atoms with Crippen molar-refractivity contribution >= 4 is 5.69 Å². The van der Waals surface area contributed by atoms with Crippen LogP contribution in [0.4, 0.5) is 5.69 Å². The summed E-state index contributed by atoms with van der Waals surface area (Å²) in [5, 5.41) is 20.1. The van der Waals surface area contributed by atoms with E-state index in [1.54, 1.807) is 12.1 Å². The molecule has 1 aromatic rings. The third-order valence-corrected chi connectivity index (χ3v) is 2.57. The number of aliphatic hydroxyl groups excluding tert-OH is 1. The number of nitrogens with zero attached hydrogens (tertiary/aromatic N) is 1. The van der Waals surface area contributed by atoms with Gasteiger partial charge >= 0.3 is 0 Å². The van der Waals surface area contributed by atoms with Gasteiger partial charge in [0.25, 0.3) is 5.69 Å². The fraction of sp³-hybridized carbons (Fsp3) is 0.333. The summed E-state index contributed by atoms with van der Waals surface area (Å²) in [6, 6.07) is 4.26. The number of hydrogen-bond donors (Lipinski definition) is 2. The Hall–Kier alpha value is -1.46. The molecule has 0 amide bonds. The molecule has 2 rings (SSSR count). The minimum absolute atomic E-state index is 0.0505. The highest BCUT2D eigenvalue weighted by molar-refractivity contribution is 5.50. The number of rotatable bonds is 1. The second kappa shape index (κ2) is 3.04. The van der Waals surface area contributed by atoms with Crippen LogP contribution in [0.3, 0.4) is 0 Å². The molecule has 5 heteroatoms. The molecule has 0 saturated carbocycles. The van der Waals surface area contributed by atoms with Crippen LogP contribution in [0.5, 0.6) is 0 Å². The summed E-state index contributed by atoms with van der Waals surface area (Å²) < 4.78 is 0. The Balaban J connectivity index is 2.56. The Morgan fingerprint density at radius 1 is 1.57 bits per heavy atom. The van der Waals surface area contributed by atoms with Crippen LogP contribution in [0.15, 0.2) is 18.2 Å². The van der Waals surface area contributed by atoms with Crippen molar-refractivity contribution in [2.45, 2.75) is 18.6 Å². The van der Waals surface area contributed by atoms with Crippen molar-refractivity contribution in [2.75, 3.05) is 0 Å². The minimum atomic E-state index is -0.703. The fourth-order valence-corrected chi connectivity index (χ4v) is 1.84. The second-order valence-electron chi connectivity index (χ2n) is 3.40. The van der Waals surface area contributed by atoms with Crippen LogP contribution in [0, 0.1) is 10.1 Å². The number of aliphatic hydroxyl groups is 1. The molecule has 0 bridgehead atoms. The largest absolute Gasteiger partial charge is 0.391 e. The summed E-state index contributed by atoms with van der Waals surface area (Å²) in [5.74, 6) is 0. The van der Waals surface area contributed by atoms with Gasteiger partial charge in [0.1, 0.15) is 0 Å². The molecule has 3 N–H and O–H groups in total. The predicted octanol–water partition coefficient (Wildman–Crippen LogP) is 0.512. The first-order valence-corrected chi connectivity index (χ1v) is 4.31. The lowest BCUT2D eigenvalue weighted by molar-refractivity contribution is -0.385. The molecule has 1 aromatic carbocycles. The van der Waals surface area contributed by atoms with Gasteiger partial charge in [-0.25, -0.2) is 0 Å². The van der Waals surface area contributed by atoms with Crippen molar-refractivity contribution in [2.24, 2.45) is 5.73 Å². The monoisotopic (exact) mass is 194 g/mol. The second-order valence-corrected chi connectivity index (χ2v) is 3.40. The molecular weight excluding hydrogens is 184 g/mol. The van der Waals surface area contributed by atoms with E-state index in [2.05, 4.69) is 0 Å². The maximum atomic E-state index is 10.7. The Morgan fingerprint density at radius 3 is 2.93 bits per heavy atom. The van der Waals surface area contributed by atoms with Crippen molar-refractivity contribution < 1.29 is 10.0 Å². The molecule has 0 radical (unpaired) electrons. The maximum absolute atomic E-state index is 10.7. The van der Waals surface area contributed by atoms with Crippen LogP contribution in [0.2, 0.25) is 0 Å². The highest BCUT2D eigenvalue weighted by Gasteiger charge is 2.33. The van der Waals surface area contributed by atoms with E-state index >= 15 is 0 Å². The van der Waals surface area contributed by atoms with Gasteiger partial charge in [-0.05, 0) is 5.56 Å². The van der Waals surface area contributed by atoms with Gasteiger partial charge in [-0.1, -0.05) is 12.1 Å². The van der Waals surface area contributed by atoms with Crippen LogP contribution >= 0.6 is 0 Å². The van der Waals surface area contributed by atoms with Crippen molar-refractivity contribution in [3.63, 3.8) is 0 Å². The van der Waals surface area contributed by atoms with E-state index in [9.17, 15) is 15.2 Å². The Morgan fingerprint density at radius 2 is 2.29 bits per heavy atom. The molecule has 1 aliphatic rings. The van der Waals surface area contributed by atoms with Gasteiger partial charge in [0.15, 0.2) is 0 Å². The highest BCUT2D eigenvalue weighted by atomic mass is 16.6. The molecule has 5 nitrogen and oxygen atoms in total. The molecule has 0 heterocycles. The maximum Gasteiger partial charge on any atom is 0.273 e. The quantitative estimate of drug-likeness (QED) is 0.503. The van der Waals surface area contributed by atoms with Crippen LogP contribution in [0.25, 0.3) is 0 Å². The minimum Gasteiger partial charge on any atom is -0.391 e. The van der Waals surface area contributed by atoms with Gasteiger partial charge < -0.3 is 10.8 Å². The van der Waals surface area contributed by atoms with Gasteiger partial charge in [-0.3, -0.25) is 10.1 Å². The zero-order valence-corrected chi connectivity index (χ0v) is 7.38. The van der Waals surface area contributed by atoms with Gasteiger partial charge in [0.2, 0.25) is 0 Å². The summed E-state index contributed by atoms with van der Waals surface area (Å²) in [4.78, 5) is 10.2. The van der Waals surface area contributed by atoms with E-state index in [0.29, 0.717) is 11.1 Å². The van der Waals surface area contributed by atoms with E-state index in [1.807, 2.05) is 0 Å². The zero-order chi connectivity index (χ0) is 10.3. The first-order chi connectivity index (χ1) is 6.61. The van der Waals surface area contributed by atoms with E-state index in [0.717, 1.165) is 0 Å². The lowest BCUT2D eigenvalue weighted by Crippen LogP contribution is -2.21. The summed E-state index contributed by atoms with van der Waals surface area (Å²) >= 11 is 0. The third-order valence-electron chi connectivity index (χ3n) is 2.57. The summed E-state index contributed by atoms with van der Waals surface area (Å²) in [6.45, 7) is 0. The van der Waals surface area contributed by atoms with E-state index in [-0.39, 0.29) is 12.1 Å². The summed E-state index contributed by atoms with van der Waals surface area (Å²) in [6.07, 6.45) is -0.431. The molecule has 1 aliphatic carbocycles. The van der Waals surface area contributed by atoms with Gasteiger partial charge in [0, 0.05) is 18.1 Å². The molecule has 74 valence electrons. The van der Waals surface area contributed by atoms with Gasteiger partial charge in [-0.15, -0.1) is 0 Å². The van der Waals surface area contributed by atoms with E-state index in [4.69, 9.17) is 5.73 Å².